The van der Waals surface area contributed by atoms with Crippen molar-refractivity contribution < 1.29 is 9.59 Å². The molecule has 1 aliphatic rings. The molecule has 8 heteroatoms. The van der Waals surface area contributed by atoms with Crippen LogP contribution in [0.3, 0.4) is 0 Å². The normalized spacial score (nSPS) is 15.6. The van der Waals surface area contributed by atoms with Gasteiger partial charge in [-0.2, -0.15) is 0 Å². The molecule has 1 aliphatic heterocycles. The summed E-state index contributed by atoms with van der Waals surface area (Å²) >= 11 is 5.96. The molecule has 0 atom stereocenters. The monoisotopic (exact) mass is 294 g/mol. The van der Waals surface area contributed by atoms with Crippen LogP contribution in [0.4, 0.5) is 0 Å². The molecule has 3 rings (SSSR count). The van der Waals surface area contributed by atoms with E-state index in [1.54, 1.807) is 18.3 Å². The molecule has 0 aliphatic carbocycles. The maximum atomic E-state index is 12.1. The summed E-state index contributed by atoms with van der Waals surface area (Å²) in [4.78, 5) is 36.2. The summed E-state index contributed by atoms with van der Waals surface area (Å²) in [7, 11) is 0. The number of halogens is 1. The lowest BCUT2D eigenvalue weighted by atomic mass is 10.4. The summed E-state index contributed by atoms with van der Waals surface area (Å²) in [5.74, 6) is -0.408. The minimum Gasteiger partial charge on any atom is -0.281 e. The number of imide groups is 1. The molecule has 0 spiro atoms. The first-order valence-electron chi connectivity index (χ1n) is 6.15. The fourth-order valence-corrected chi connectivity index (χ4v) is 2.42. The molecule has 7 nitrogen and oxygen atoms in total. The second kappa shape index (κ2) is 4.75. The summed E-state index contributed by atoms with van der Waals surface area (Å²) in [6.07, 6.45) is 2.05. The van der Waals surface area contributed by atoms with Crippen molar-refractivity contribution in [2.24, 2.45) is 0 Å². The summed E-state index contributed by atoms with van der Waals surface area (Å²) in [6.45, 7) is 0.313. The second-order valence-corrected chi connectivity index (χ2v) is 4.90. The van der Waals surface area contributed by atoms with Crippen molar-refractivity contribution in [1.29, 1.82) is 0 Å². The number of aromatic nitrogens is 3. The smallest absolute Gasteiger partial charge is 0.281 e. The predicted molar refractivity (Wildman–Crippen MR) is 70.4 cm³/mol. The number of hydrogen-bond acceptors (Lipinski definition) is 4. The lowest BCUT2D eigenvalue weighted by molar-refractivity contribution is -0.138. The fraction of sp³-hybridized carbons (Fsp3) is 0.333. The highest BCUT2D eigenvalue weighted by Gasteiger charge is 2.28. The Labute approximate surface area is 118 Å². The van der Waals surface area contributed by atoms with E-state index in [9.17, 15) is 14.4 Å². The van der Waals surface area contributed by atoms with E-state index in [-0.39, 0.29) is 43.4 Å². The molecule has 0 radical (unpaired) electrons. The van der Waals surface area contributed by atoms with Gasteiger partial charge >= 0.3 is 5.69 Å². The Morgan fingerprint density at radius 3 is 2.50 bits per heavy atom. The van der Waals surface area contributed by atoms with Crippen LogP contribution in [-0.2, 0) is 16.1 Å². The molecule has 1 saturated heterocycles. The molecule has 2 aromatic heterocycles. The van der Waals surface area contributed by atoms with Crippen molar-refractivity contribution in [2.45, 2.75) is 19.4 Å². The molecule has 1 fully saturated rings. The van der Waals surface area contributed by atoms with Crippen molar-refractivity contribution in [3.05, 3.63) is 33.8 Å². The van der Waals surface area contributed by atoms with E-state index in [4.69, 9.17) is 11.6 Å². The van der Waals surface area contributed by atoms with Crippen LogP contribution in [0.25, 0.3) is 5.65 Å². The van der Waals surface area contributed by atoms with Gasteiger partial charge in [0.15, 0.2) is 5.65 Å². The minimum absolute atomic E-state index is 0.152. The average Bonchev–Trinajstić information content (AvgIpc) is 2.91. The van der Waals surface area contributed by atoms with Gasteiger partial charge in [-0.05, 0) is 12.1 Å². The molecule has 2 aromatic rings. The van der Waals surface area contributed by atoms with Gasteiger partial charge in [-0.1, -0.05) is 11.6 Å². The number of nitrogens with zero attached hydrogens (tertiary/aromatic N) is 4. The van der Waals surface area contributed by atoms with Crippen LogP contribution in [0, 0.1) is 0 Å². The topological polar surface area (TPSA) is 76.7 Å². The quantitative estimate of drug-likeness (QED) is 0.763. The standard InChI is InChI=1S/C12H11ClN4O3/c13-8-2-1-5-16-11(8)14-17(12(16)20)7-6-15-9(18)3-4-10(15)19/h1-2,5H,3-4,6-7H2. The van der Waals surface area contributed by atoms with Gasteiger partial charge in [-0.3, -0.25) is 14.5 Å². The second-order valence-electron chi connectivity index (χ2n) is 4.49. The Bertz CT molecular complexity index is 748. The Hall–Kier alpha value is -2.15. The average molecular weight is 295 g/mol. The molecule has 104 valence electrons. The molecular weight excluding hydrogens is 284 g/mol. The van der Waals surface area contributed by atoms with Crippen LogP contribution in [0.15, 0.2) is 23.1 Å². The van der Waals surface area contributed by atoms with E-state index < -0.39 is 0 Å². The molecule has 0 N–H and O–H groups in total. The van der Waals surface area contributed by atoms with Gasteiger partial charge in [0.05, 0.1) is 11.6 Å². The Balaban J connectivity index is 1.87. The lowest BCUT2D eigenvalue weighted by Crippen LogP contribution is -2.34. The van der Waals surface area contributed by atoms with Gasteiger partial charge in [-0.25, -0.2) is 13.9 Å². The van der Waals surface area contributed by atoms with Crippen molar-refractivity contribution in [1.82, 2.24) is 19.1 Å². The third-order valence-electron chi connectivity index (χ3n) is 3.25. The van der Waals surface area contributed by atoms with E-state index in [1.807, 2.05) is 0 Å². The van der Waals surface area contributed by atoms with Crippen LogP contribution >= 0.6 is 11.6 Å². The Kier molecular flexibility index (Phi) is 3.06. The van der Waals surface area contributed by atoms with Gasteiger partial charge in [0, 0.05) is 25.6 Å². The first kappa shape index (κ1) is 12.9. The SMILES string of the molecule is O=C1CCC(=O)N1CCn1nc2c(Cl)cccn2c1=O. The molecule has 2 amide bonds. The maximum Gasteiger partial charge on any atom is 0.350 e. The number of pyridine rings is 1. The van der Waals surface area contributed by atoms with E-state index in [2.05, 4.69) is 5.10 Å². The first-order valence-corrected chi connectivity index (χ1v) is 6.52. The van der Waals surface area contributed by atoms with E-state index in [1.165, 1.54) is 9.08 Å². The molecule has 3 heterocycles. The Morgan fingerprint density at radius 1 is 1.15 bits per heavy atom. The van der Waals surface area contributed by atoms with Crippen molar-refractivity contribution in [3.8, 4) is 0 Å². The lowest BCUT2D eigenvalue weighted by Gasteiger charge is -2.12. The van der Waals surface area contributed by atoms with Gasteiger partial charge in [0.2, 0.25) is 11.8 Å². The van der Waals surface area contributed by atoms with Crippen LogP contribution in [0.5, 0.6) is 0 Å². The number of hydrogen-bond donors (Lipinski definition) is 0. The highest BCUT2D eigenvalue weighted by atomic mass is 35.5. The van der Waals surface area contributed by atoms with Crippen LogP contribution in [0.2, 0.25) is 5.02 Å². The van der Waals surface area contributed by atoms with E-state index in [0.29, 0.717) is 10.7 Å². The predicted octanol–water partition coefficient (Wildman–Crippen LogP) is 0.298. The molecule has 0 saturated carbocycles. The summed E-state index contributed by atoms with van der Waals surface area (Å²) in [5.41, 5.74) is 0.0137. The van der Waals surface area contributed by atoms with E-state index in [0.717, 1.165) is 4.90 Å². The minimum atomic E-state index is -0.346. The third kappa shape index (κ3) is 2.00. The van der Waals surface area contributed by atoms with Crippen LogP contribution < -0.4 is 5.69 Å². The van der Waals surface area contributed by atoms with E-state index >= 15 is 0 Å². The van der Waals surface area contributed by atoms with Crippen molar-refractivity contribution in [3.63, 3.8) is 0 Å². The summed E-state index contributed by atoms with van der Waals surface area (Å²) in [5, 5.41) is 4.48. The molecule has 20 heavy (non-hydrogen) atoms. The van der Waals surface area contributed by atoms with Crippen molar-refractivity contribution in [2.75, 3.05) is 6.54 Å². The molecule has 0 aromatic carbocycles. The van der Waals surface area contributed by atoms with Gasteiger partial charge in [-0.15, -0.1) is 5.10 Å². The van der Waals surface area contributed by atoms with Crippen LogP contribution in [0.1, 0.15) is 12.8 Å². The highest BCUT2D eigenvalue weighted by molar-refractivity contribution is 6.33. The third-order valence-corrected chi connectivity index (χ3v) is 3.55. The van der Waals surface area contributed by atoms with Gasteiger partial charge in [0.1, 0.15) is 0 Å². The van der Waals surface area contributed by atoms with Crippen molar-refractivity contribution >= 4 is 29.1 Å². The molecule has 0 unspecified atom stereocenters. The number of carbonyl (C=O) groups excluding carboxylic acids is 2. The number of likely N-dealkylation sites (tertiary alicyclic amines) is 1. The highest BCUT2D eigenvalue weighted by Crippen LogP contribution is 2.13. The zero-order chi connectivity index (χ0) is 14.3. The zero-order valence-electron chi connectivity index (χ0n) is 10.5. The first-order chi connectivity index (χ1) is 9.58. The number of amides is 2. The Morgan fingerprint density at radius 2 is 1.85 bits per heavy atom. The molecule has 0 bridgehead atoms. The maximum absolute atomic E-state index is 12.1. The van der Waals surface area contributed by atoms with Gasteiger partial charge in [0.25, 0.3) is 0 Å². The number of fused-ring (bicyclic) bond motifs is 1. The summed E-state index contributed by atoms with van der Waals surface area (Å²) in [6, 6.07) is 3.29. The zero-order valence-corrected chi connectivity index (χ0v) is 11.2. The number of rotatable bonds is 3. The molecular formula is C12H11ClN4O3. The largest absolute Gasteiger partial charge is 0.350 e. The summed E-state index contributed by atoms with van der Waals surface area (Å²) < 4.78 is 2.54. The van der Waals surface area contributed by atoms with Gasteiger partial charge < -0.3 is 0 Å². The number of carbonyl (C=O) groups is 2. The van der Waals surface area contributed by atoms with Crippen LogP contribution in [-0.4, -0.2) is 37.4 Å². The fourth-order valence-electron chi connectivity index (χ4n) is 2.22.